The minimum Gasteiger partial charge on any atom is -0.368 e. The van der Waals surface area contributed by atoms with Crippen LogP contribution in [0.1, 0.15) is 30.0 Å². The van der Waals surface area contributed by atoms with Crippen LogP contribution in [-0.2, 0) is 29.7 Å². The predicted molar refractivity (Wildman–Crippen MR) is 153 cm³/mol. The lowest BCUT2D eigenvalue weighted by atomic mass is 9.75. The quantitative estimate of drug-likeness (QED) is 0.485. The van der Waals surface area contributed by atoms with Crippen molar-refractivity contribution in [1.29, 1.82) is 0 Å². The first-order valence-corrected chi connectivity index (χ1v) is 13.7. The van der Waals surface area contributed by atoms with Crippen LogP contribution in [0.3, 0.4) is 0 Å². The molecule has 1 aromatic heterocycles. The van der Waals surface area contributed by atoms with E-state index in [1.807, 2.05) is 55.5 Å². The molecule has 2 unspecified atom stereocenters. The molecule has 3 aromatic rings. The first-order valence-electron chi connectivity index (χ1n) is 13.0. The van der Waals surface area contributed by atoms with Gasteiger partial charge in [-0.2, -0.15) is 5.10 Å². The molecule has 39 heavy (non-hydrogen) atoms. The lowest BCUT2D eigenvalue weighted by Gasteiger charge is -2.27. The number of fused-ring (bicyclic) bond motifs is 2. The Morgan fingerprint density at radius 1 is 1.15 bits per heavy atom. The average molecular weight is 563 g/mol. The van der Waals surface area contributed by atoms with Crippen LogP contribution in [0.5, 0.6) is 0 Å². The normalized spacial score (nSPS) is 23.7. The first-order chi connectivity index (χ1) is 18.7. The molecule has 0 fully saturated rings. The Morgan fingerprint density at radius 2 is 1.92 bits per heavy atom. The third-order valence-corrected chi connectivity index (χ3v) is 8.50. The molecule has 0 saturated carbocycles. The van der Waals surface area contributed by atoms with Crippen molar-refractivity contribution in [2.45, 2.75) is 38.3 Å². The third-order valence-electron chi connectivity index (χ3n) is 8.00. The fraction of sp³-hybridized carbons (Fsp3) is 0.310. The largest absolute Gasteiger partial charge is 0.368 e. The molecule has 2 aromatic carbocycles. The Kier molecular flexibility index (Phi) is 6.47. The zero-order valence-corrected chi connectivity index (χ0v) is 22.9. The number of carbonyl (C=O) groups excluding carboxylic acids is 1. The summed E-state index contributed by atoms with van der Waals surface area (Å²) in [4.78, 5) is 25.6. The molecule has 6 rings (SSSR count). The molecule has 1 amide bonds. The second kappa shape index (κ2) is 9.84. The smallest absolute Gasteiger partial charge is 0.347 e. The summed E-state index contributed by atoms with van der Waals surface area (Å²) in [7, 11) is 0. The summed E-state index contributed by atoms with van der Waals surface area (Å²) >= 11 is 12.4. The average Bonchev–Trinajstić information content (AvgIpc) is 3.57. The van der Waals surface area contributed by atoms with Gasteiger partial charge in [-0.15, -0.1) is 5.10 Å². The van der Waals surface area contributed by atoms with E-state index >= 15 is 0 Å². The highest BCUT2D eigenvalue weighted by molar-refractivity contribution is 6.31. The van der Waals surface area contributed by atoms with Crippen molar-refractivity contribution in [3.05, 3.63) is 104 Å². The molecule has 0 saturated heterocycles. The van der Waals surface area contributed by atoms with E-state index in [0.29, 0.717) is 29.1 Å². The lowest BCUT2D eigenvalue weighted by molar-refractivity contribution is -0.118. The van der Waals surface area contributed by atoms with Gasteiger partial charge in [-0.3, -0.25) is 9.36 Å². The van der Waals surface area contributed by atoms with Gasteiger partial charge in [0.2, 0.25) is 11.9 Å². The van der Waals surface area contributed by atoms with Gasteiger partial charge in [0.05, 0.1) is 24.2 Å². The number of carbonyl (C=O) groups is 1. The van der Waals surface area contributed by atoms with Gasteiger partial charge in [0.25, 0.3) is 0 Å². The minimum atomic E-state index is -0.624. The minimum absolute atomic E-state index is 0.0229. The van der Waals surface area contributed by atoms with E-state index in [-0.39, 0.29) is 18.4 Å². The maximum Gasteiger partial charge on any atom is 0.347 e. The number of nitrogens with two attached hydrogens (primary N) is 1. The van der Waals surface area contributed by atoms with Gasteiger partial charge in [-0.05, 0) is 53.7 Å². The zero-order valence-electron chi connectivity index (χ0n) is 21.4. The van der Waals surface area contributed by atoms with Crippen molar-refractivity contribution >= 4 is 40.8 Å². The Morgan fingerprint density at radius 3 is 2.67 bits per heavy atom. The molecular formula is C29H28Cl2N6O2. The maximum absolute atomic E-state index is 13.5. The number of benzene rings is 2. The van der Waals surface area contributed by atoms with Crippen LogP contribution >= 0.6 is 23.2 Å². The molecule has 10 heteroatoms. The third kappa shape index (κ3) is 4.51. The number of halogens is 2. The van der Waals surface area contributed by atoms with Crippen LogP contribution in [0.15, 0.2) is 81.7 Å². The number of hydrogen-bond acceptors (Lipinski definition) is 5. The molecule has 0 radical (unpaired) electrons. The van der Waals surface area contributed by atoms with Gasteiger partial charge < -0.3 is 5.73 Å². The van der Waals surface area contributed by atoms with Gasteiger partial charge in [0, 0.05) is 16.0 Å². The first kappa shape index (κ1) is 25.6. The number of aryl methyl sites for hydroxylation is 1. The maximum atomic E-state index is 13.5. The van der Waals surface area contributed by atoms with Crippen molar-refractivity contribution in [2.24, 2.45) is 22.7 Å². The van der Waals surface area contributed by atoms with Crippen LogP contribution in [0.4, 0.5) is 5.95 Å². The SMILES string of the molecule is CC1C=C(Cl)C=CC1Cn1nc(N2C[C@@]3(CCc4ccccc43)C(c3ccc(Cl)cc3)=N2)n(CC(N)=O)c1=O. The lowest BCUT2D eigenvalue weighted by Crippen LogP contribution is -2.38. The number of nitrogens with zero attached hydrogens (tertiary/aromatic N) is 5. The number of amides is 1. The summed E-state index contributed by atoms with van der Waals surface area (Å²) in [6, 6.07) is 16.1. The van der Waals surface area contributed by atoms with Crippen molar-refractivity contribution in [1.82, 2.24) is 14.3 Å². The van der Waals surface area contributed by atoms with Crippen LogP contribution in [0.2, 0.25) is 5.02 Å². The molecule has 8 nitrogen and oxygen atoms in total. The Labute approximate surface area is 236 Å². The van der Waals surface area contributed by atoms with E-state index < -0.39 is 17.0 Å². The summed E-state index contributed by atoms with van der Waals surface area (Å²) in [5, 5.41) is 12.9. The number of hydrogen-bond donors (Lipinski definition) is 1. The second-order valence-corrected chi connectivity index (χ2v) is 11.4. The van der Waals surface area contributed by atoms with Gasteiger partial charge >= 0.3 is 5.69 Å². The molecule has 1 spiro atoms. The molecule has 2 aliphatic carbocycles. The summed E-state index contributed by atoms with van der Waals surface area (Å²) in [6.07, 6.45) is 7.57. The summed E-state index contributed by atoms with van der Waals surface area (Å²) < 4.78 is 2.73. The molecule has 0 bridgehead atoms. The number of allylic oxidation sites excluding steroid dienone is 4. The number of rotatable bonds is 6. The highest BCUT2D eigenvalue weighted by atomic mass is 35.5. The fourth-order valence-electron chi connectivity index (χ4n) is 6.02. The van der Waals surface area contributed by atoms with E-state index in [2.05, 4.69) is 18.2 Å². The van der Waals surface area contributed by atoms with Crippen molar-refractivity contribution in [3.8, 4) is 0 Å². The fourth-order valence-corrected chi connectivity index (χ4v) is 6.42. The molecule has 3 atom stereocenters. The zero-order chi connectivity index (χ0) is 27.3. The van der Waals surface area contributed by atoms with Gasteiger partial charge in [-0.25, -0.2) is 14.5 Å². The number of aromatic nitrogens is 3. The number of hydrazone groups is 1. The Hall–Kier alpha value is -3.62. The monoisotopic (exact) mass is 562 g/mol. The van der Waals surface area contributed by atoms with Gasteiger partial charge in [0.1, 0.15) is 6.54 Å². The molecule has 1 aliphatic heterocycles. The Balaban J connectivity index is 1.44. The van der Waals surface area contributed by atoms with Crippen molar-refractivity contribution < 1.29 is 4.79 Å². The van der Waals surface area contributed by atoms with E-state index in [0.717, 1.165) is 24.1 Å². The van der Waals surface area contributed by atoms with E-state index in [1.165, 1.54) is 20.4 Å². The van der Waals surface area contributed by atoms with Crippen LogP contribution in [-0.4, -0.2) is 32.5 Å². The second-order valence-electron chi connectivity index (χ2n) is 10.5. The van der Waals surface area contributed by atoms with E-state index in [1.54, 1.807) is 5.01 Å². The molecule has 2 N–H and O–H groups in total. The van der Waals surface area contributed by atoms with Gasteiger partial charge in [0.15, 0.2) is 0 Å². The molecule has 2 heterocycles. The highest BCUT2D eigenvalue weighted by Crippen LogP contribution is 2.46. The van der Waals surface area contributed by atoms with Gasteiger partial charge in [-0.1, -0.05) is 78.7 Å². The Bertz CT molecular complexity index is 1600. The predicted octanol–water partition coefficient (Wildman–Crippen LogP) is 4.24. The van der Waals surface area contributed by atoms with Crippen molar-refractivity contribution in [2.75, 3.05) is 11.6 Å². The number of primary amides is 1. The summed E-state index contributed by atoms with van der Waals surface area (Å²) in [5.74, 6) is -0.179. The highest BCUT2D eigenvalue weighted by Gasteiger charge is 2.49. The topological polar surface area (TPSA) is 98.5 Å². The van der Waals surface area contributed by atoms with E-state index in [9.17, 15) is 9.59 Å². The summed E-state index contributed by atoms with van der Waals surface area (Å²) in [6.45, 7) is 2.58. The molecular weight excluding hydrogens is 535 g/mol. The molecule has 3 aliphatic rings. The van der Waals surface area contributed by atoms with E-state index in [4.69, 9.17) is 39.1 Å². The standard InChI is InChI=1S/C29H28Cl2N6O2/c1-18-14-23(31)11-8-21(18)15-36-28(39)35(16-25(32)38)27(34-36)37-17-29(13-12-19-4-2-3-5-24(19)29)26(33-37)20-6-9-22(30)10-7-20/h2-11,14,18,21H,12-13,15-17H2,1H3,(H2,32,38)/t18?,21?,29-/m1/s1. The van der Waals surface area contributed by atoms with Crippen LogP contribution in [0, 0.1) is 11.8 Å². The molecule has 200 valence electrons. The summed E-state index contributed by atoms with van der Waals surface area (Å²) in [5.41, 5.74) is 9.11. The van der Waals surface area contributed by atoms with Crippen LogP contribution < -0.4 is 16.4 Å². The van der Waals surface area contributed by atoms with Crippen LogP contribution in [0.25, 0.3) is 0 Å². The number of anilines is 1. The van der Waals surface area contributed by atoms with Crippen molar-refractivity contribution in [3.63, 3.8) is 0 Å².